The number of hydrogen-bond acceptors (Lipinski definition) is 5. The van der Waals surface area contributed by atoms with E-state index in [1.165, 1.54) is 33.4 Å². The Kier molecular flexibility index (Phi) is 7.05. The SMILES string of the molecule is COc1ccc(S(=O)(=O)N(C)c2ccc(C(=O)NCc3ccc(C)cc3)cc2)cc1OC. The van der Waals surface area contributed by atoms with Crippen LogP contribution in [0.15, 0.2) is 71.6 Å². The average molecular weight is 455 g/mol. The molecule has 0 aliphatic heterocycles. The van der Waals surface area contributed by atoms with E-state index in [1.54, 1.807) is 30.3 Å². The first-order valence-electron chi connectivity index (χ1n) is 9.91. The predicted molar refractivity (Wildman–Crippen MR) is 124 cm³/mol. The van der Waals surface area contributed by atoms with Crippen molar-refractivity contribution >= 4 is 21.6 Å². The number of rotatable bonds is 8. The summed E-state index contributed by atoms with van der Waals surface area (Å²) in [6, 6.07) is 18.7. The Morgan fingerprint density at radius 3 is 2.12 bits per heavy atom. The Morgan fingerprint density at radius 2 is 1.53 bits per heavy atom. The van der Waals surface area contributed by atoms with Crippen LogP contribution in [0.1, 0.15) is 21.5 Å². The zero-order valence-corrected chi connectivity index (χ0v) is 19.3. The molecule has 0 unspecified atom stereocenters. The van der Waals surface area contributed by atoms with Crippen molar-refractivity contribution in [2.24, 2.45) is 0 Å². The van der Waals surface area contributed by atoms with Gasteiger partial charge in [-0.3, -0.25) is 9.10 Å². The zero-order chi connectivity index (χ0) is 23.3. The van der Waals surface area contributed by atoms with Crippen LogP contribution in [0.25, 0.3) is 0 Å². The van der Waals surface area contributed by atoms with Gasteiger partial charge in [-0.25, -0.2) is 8.42 Å². The van der Waals surface area contributed by atoms with Gasteiger partial charge in [-0.05, 0) is 48.9 Å². The molecule has 0 radical (unpaired) electrons. The summed E-state index contributed by atoms with van der Waals surface area (Å²) < 4.78 is 37.6. The Hall–Kier alpha value is -3.52. The summed E-state index contributed by atoms with van der Waals surface area (Å²) in [5, 5.41) is 2.87. The number of carbonyl (C=O) groups is 1. The lowest BCUT2D eigenvalue weighted by Gasteiger charge is -2.20. The number of carbonyl (C=O) groups excluding carboxylic acids is 1. The van der Waals surface area contributed by atoms with E-state index in [2.05, 4.69) is 5.32 Å². The molecule has 168 valence electrons. The standard InChI is InChI=1S/C24H26N2O5S/c1-17-5-7-18(8-6-17)16-25-24(27)19-9-11-20(12-10-19)26(2)32(28,29)21-13-14-22(30-3)23(15-21)31-4/h5-15H,16H2,1-4H3,(H,25,27). The summed E-state index contributed by atoms with van der Waals surface area (Å²) in [6.07, 6.45) is 0. The highest BCUT2D eigenvalue weighted by molar-refractivity contribution is 7.92. The highest BCUT2D eigenvalue weighted by Gasteiger charge is 2.23. The summed E-state index contributed by atoms with van der Waals surface area (Å²) in [4.78, 5) is 12.5. The lowest BCUT2D eigenvalue weighted by atomic mass is 10.1. The molecule has 0 heterocycles. The summed E-state index contributed by atoms with van der Waals surface area (Å²) in [6.45, 7) is 2.42. The summed E-state index contributed by atoms with van der Waals surface area (Å²) >= 11 is 0. The van der Waals surface area contributed by atoms with Crippen LogP contribution >= 0.6 is 0 Å². The minimum atomic E-state index is -3.84. The lowest BCUT2D eigenvalue weighted by Crippen LogP contribution is -2.27. The smallest absolute Gasteiger partial charge is 0.264 e. The van der Waals surface area contributed by atoms with Crippen LogP contribution in [-0.2, 0) is 16.6 Å². The molecule has 3 aromatic carbocycles. The molecule has 0 bridgehead atoms. The van der Waals surface area contributed by atoms with Crippen molar-refractivity contribution in [3.63, 3.8) is 0 Å². The third-order valence-electron chi connectivity index (χ3n) is 5.08. The second kappa shape index (κ2) is 9.74. The van der Waals surface area contributed by atoms with E-state index >= 15 is 0 Å². The van der Waals surface area contributed by atoms with E-state index in [9.17, 15) is 13.2 Å². The number of methoxy groups -OCH3 is 2. The highest BCUT2D eigenvalue weighted by atomic mass is 32.2. The number of ether oxygens (including phenoxy) is 2. The van der Waals surface area contributed by atoms with Crippen molar-refractivity contribution in [3.8, 4) is 11.5 Å². The Balaban J connectivity index is 1.73. The fraction of sp³-hybridized carbons (Fsp3) is 0.208. The molecule has 1 N–H and O–H groups in total. The number of aryl methyl sites for hydroxylation is 1. The van der Waals surface area contributed by atoms with Crippen molar-refractivity contribution in [2.75, 3.05) is 25.6 Å². The molecule has 0 aliphatic rings. The van der Waals surface area contributed by atoms with E-state index < -0.39 is 10.0 Å². The van der Waals surface area contributed by atoms with Crippen LogP contribution in [0.3, 0.4) is 0 Å². The molecule has 32 heavy (non-hydrogen) atoms. The van der Waals surface area contributed by atoms with E-state index in [0.29, 0.717) is 29.3 Å². The summed E-state index contributed by atoms with van der Waals surface area (Å²) in [7, 11) is 0.549. The third kappa shape index (κ3) is 5.03. The van der Waals surface area contributed by atoms with E-state index in [1.807, 2.05) is 31.2 Å². The van der Waals surface area contributed by atoms with Crippen molar-refractivity contribution in [1.29, 1.82) is 0 Å². The molecule has 1 amide bonds. The minimum Gasteiger partial charge on any atom is -0.493 e. The predicted octanol–water partition coefficient (Wildman–Crippen LogP) is 3.77. The van der Waals surface area contributed by atoms with Gasteiger partial charge in [0.1, 0.15) is 0 Å². The van der Waals surface area contributed by atoms with Gasteiger partial charge in [-0.15, -0.1) is 0 Å². The van der Waals surface area contributed by atoms with E-state index in [-0.39, 0.29) is 10.8 Å². The van der Waals surface area contributed by atoms with Gasteiger partial charge in [-0.1, -0.05) is 29.8 Å². The molecule has 0 fully saturated rings. The van der Waals surface area contributed by atoms with Crippen molar-refractivity contribution in [1.82, 2.24) is 5.32 Å². The monoisotopic (exact) mass is 454 g/mol. The molecule has 3 aromatic rings. The van der Waals surface area contributed by atoms with Crippen LogP contribution in [0.5, 0.6) is 11.5 Å². The van der Waals surface area contributed by atoms with Gasteiger partial charge in [0, 0.05) is 25.2 Å². The van der Waals surface area contributed by atoms with Gasteiger partial charge in [0.25, 0.3) is 15.9 Å². The normalized spacial score (nSPS) is 11.0. The van der Waals surface area contributed by atoms with Crippen LogP contribution in [0, 0.1) is 6.92 Å². The van der Waals surface area contributed by atoms with Gasteiger partial charge in [0.15, 0.2) is 11.5 Å². The second-order valence-corrected chi connectivity index (χ2v) is 9.17. The van der Waals surface area contributed by atoms with Crippen molar-refractivity contribution in [3.05, 3.63) is 83.4 Å². The van der Waals surface area contributed by atoms with E-state index in [4.69, 9.17) is 9.47 Å². The maximum absolute atomic E-state index is 13.1. The van der Waals surface area contributed by atoms with Crippen LogP contribution in [0.4, 0.5) is 5.69 Å². The number of benzene rings is 3. The first-order chi connectivity index (χ1) is 15.3. The molecule has 8 heteroatoms. The molecular weight excluding hydrogens is 428 g/mol. The lowest BCUT2D eigenvalue weighted by molar-refractivity contribution is 0.0951. The van der Waals surface area contributed by atoms with Crippen LogP contribution in [-0.4, -0.2) is 35.6 Å². The Morgan fingerprint density at radius 1 is 0.906 bits per heavy atom. The Bertz CT molecular complexity index is 1190. The fourth-order valence-corrected chi connectivity index (χ4v) is 4.30. The van der Waals surface area contributed by atoms with Gasteiger partial charge >= 0.3 is 0 Å². The zero-order valence-electron chi connectivity index (χ0n) is 18.5. The fourth-order valence-electron chi connectivity index (χ4n) is 3.09. The first-order valence-corrected chi connectivity index (χ1v) is 11.3. The number of sulfonamides is 1. The largest absolute Gasteiger partial charge is 0.493 e. The quantitative estimate of drug-likeness (QED) is 0.560. The molecule has 0 atom stereocenters. The van der Waals surface area contributed by atoms with Crippen LogP contribution in [0.2, 0.25) is 0 Å². The molecule has 3 rings (SSSR count). The highest BCUT2D eigenvalue weighted by Crippen LogP contribution is 2.31. The number of nitrogens with one attached hydrogen (secondary N) is 1. The summed E-state index contributed by atoms with van der Waals surface area (Å²) in [5.74, 6) is 0.528. The van der Waals surface area contributed by atoms with Gasteiger partial charge in [0.2, 0.25) is 0 Å². The van der Waals surface area contributed by atoms with Gasteiger partial charge in [0.05, 0.1) is 24.8 Å². The average Bonchev–Trinajstić information content (AvgIpc) is 2.82. The second-order valence-electron chi connectivity index (χ2n) is 7.20. The molecule has 0 aliphatic carbocycles. The van der Waals surface area contributed by atoms with Crippen molar-refractivity contribution < 1.29 is 22.7 Å². The van der Waals surface area contributed by atoms with E-state index in [0.717, 1.165) is 15.4 Å². The first kappa shape index (κ1) is 23.1. The van der Waals surface area contributed by atoms with Gasteiger partial charge < -0.3 is 14.8 Å². The number of anilines is 1. The summed E-state index contributed by atoms with van der Waals surface area (Å²) in [5.41, 5.74) is 3.02. The van der Waals surface area contributed by atoms with Crippen LogP contribution < -0.4 is 19.1 Å². The topological polar surface area (TPSA) is 84.9 Å². The molecular formula is C24H26N2O5S. The molecule has 0 aromatic heterocycles. The minimum absolute atomic E-state index is 0.0672. The molecule has 0 spiro atoms. The molecule has 0 saturated carbocycles. The molecule has 7 nitrogen and oxygen atoms in total. The van der Waals surface area contributed by atoms with Gasteiger partial charge in [-0.2, -0.15) is 0 Å². The third-order valence-corrected chi connectivity index (χ3v) is 6.86. The Labute approximate surface area is 188 Å². The number of amides is 1. The maximum atomic E-state index is 13.1. The van der Waals surface area contributed by atoms with Crippen molar-refractivity contribution in [2.45, 2.75) is 18.4 Å². The molecule has 0 saturated heterocycles. The number of hydrogen-bond donors (Lipinski definition) is 1. The maximum Gasteiger partial charge on any atom is 0.264 e. The number of nitrogens with zero attached hydrogens (tertiary/aromatic N) is 1.